The zero-order chi connectivity index (χ0) is 22.7. The topological polar surface area (TPSA) is 88.1 Å². The van der Waals surface area contributed by atoms with E-state index >= 15 is 0 Å². The number of pyridine rings is 1. The number of nitrogens with one attached hydrogen (secondary N) is 1. The first kappa shape index (κ1) is 21.9. The molecule has 168 valence electrons. The number of hydrogen-bond acceptors (Lipinski definition) is 4. The first-order valence-corrected chi connectivity index (χ1v) is 10.4. The minimum absolute atomic E-state index is 0.00578. The van der Waals surface area contributed by atoms with Crippen LogP contribution in [0.15, 0.2) is 48.8 Å². The van der Waals surface area contributed by atoms with Crippen LogP contribution in [0.5, 0.6) is 5.75 Å². The molecule has 1 aliphatic carbocycles. The fraction of sp³-hybridized carbons (Fsp3) is 0.348. The van der Waals surface area contributed by atoms with Gasteiger partial charge < -0.3 is 14.8 Å². The van der Waals surface area contributed by atoms with E-state index in [0.29, 0.717) is 17.0 Å². The van der Waals surface area contributed by atoms with Crippen LogP contribution in [0.25, 0.3) is 22.6 Å². The van der Waals surface area contributed by atoms with Gasteiger partial charge in [0.15, 0.2) is 0 Å². The van der Waals surface area contributed by atoms with Gasteiger partial charge in [-0.25, -0.2) is 4.98 Å². The molecule has 4 rings (SSSR count). The van der Waals surface area contributed by atoms with Gasteiger partial charge in [0, 0.05) is 23.7 Å². The summed E-state index contributed by atoms with van der Waals surface area (Å²) in [6.45, 7) is 0. The van der Waals surface area contributed by atoms with Crippen LogP contribution in [0.1, 0.15) is 37.8 Å². The van der Waals surface area contributed by atoms with Crippen molar-refractivity contribution in [1.82, 2.24) is 15.0 Å². The average Bonchev–Trinajstić information content (AvgIpc) is 3.25. The number of ether oxygens (including phenoxy) is 1. The van der Waals surface area contributed by atoms with Crippen molar-refractivity contribution in [1.29, 1.82) is 0 Å². The summed E-state index contributed by atoms with van der Waals surface area (Å²) in [6, 6.07) is 10.8. The Kier molecular flexibility index (Phi) is 6.16. The second-order valence-corrected chi connectivity index (χ2v) is 7.97. The first-order valence-electron chi connectivity index (χ1n) is 10.4. The summed E-state index contributed by atoms with van der Waals surface area (Å²) in [7, 11) is 0. The quantitative estimate of drug-likeness (QED) is 0.518. The smallest absolute Gasteiger partial charge is 0.432 e. The van der Waals surface area contributed by atoms with Crippen molar-refractivity contribution in [2.24, 2.45) is 5.92 Å². The molecule has 32 heavy (non-hydrogen) atoms. The van der Waals surface area contributed by atoms with Crippen molar-refractivity contribution >= 4 is 5.97 Å². The van der Waals surface area contributed by atoms with Crippen LogP contribution in [0, 0.1) is 5.92 Å². The zero-order valence-corrected chi connectivity index (χ0v) is 17.1. The summed E-state index contributed by atoms with van der Waals surface area (Å²) in [5.41, 5.74) is 1.06. The largest absolute Gasteiger partial charge is 0.490 e. The number of carbonyl (C=O) groups is 1. The maximum Gasteiger partial charge on any atom is 0.432 e. The molecule has 0 aliphatic heterocycles. The molecule has 3 aromatic rings. The molecule has 1 saturated carbocycles. The number of hydrogen-bond donors (Lipinski definition) is 2. The normalized spacial score (nSPS) is 19.0. The molecule has 0 amide bonds. The number of H-pyrrole nitrogens is 1. The summed E-state index contributed by atoms with van der Waals surface area (Å²) in [5.74, 6) is 0.191. The van der Waals surface area contributed by atoms with Crippen LogP contribution < -0.4 is 4.74 Å². The van der Waals surface area contributed by atoms with Crippen molar-refractivity contribution < 1.29 is 27.8 Å². The number of carboxylic acid groups (broad SMARTS) is 1. The van der Waals surface area contributed by atoms with Crippen LogP contribution >= 0.6 is 0 Å². The van der Waals surface area contributed by atoms with Crippen molar-refractivity contribution in [2.45, 2.75) is 44.4 Å². The highest BCUT2D eigenvalue weighted by molar-refractivity contribution is 5.67. The molecule has 0 saturated heterocycles. The van der Waals surface area contributed by atoms with E-state index in [4.69, 9.17) is 9.84 Å². The number of imidazole rings is 1. The summed E-state index contributed by atoms with van der Waals surface area (Å²) < 4.78 is 44.2. The number of carboxylic acids is 1. The third-order valence-electron chi connectivity index (χ3n) is 5.57. The number of benzene rings is 1. The molecule has 1 fully saturated rings. The van der Waals surface area contributed by atoms with E-state index in [1.807, 2.05) is 24.3 Å². The van der Waals surface area contributed by atoms with Gasteiger partial charge in [-0.15, -0.1) is 0 Å². The second-order valence-electron chi connectivity index (χ2n) is 7.97. The van der Waals surface area contributed by atoms with Crippen molar-refractivity contribution in [2.75, 3.05) is 0 Å². The summed E-state index contributed by atoms with van der Waals surface area (Å²) in [4.78, 5) is 21.3. The summed E-state index contributed by atoms with van der Waals surface area (Å²) in [5, 5.41) is 9.00. The Hall–Kier alpha value is -3.36. The SMILES string of the molecule is O=C(O)C[C@H]1CCC[C@H](Oc2ccc(-c3ccc(-c4ncc(C(F)(F)F)[nH]4)cn3)cc2)C1. The van der Waals surface area contributed by atoms with Crippen molar-refractivity contribution in [3.05, 3.63) is 54.5 Å². The van der Waals surface area contributed by atoms with Gasteiger partial charge in [-0.05, 0) is 68.0 Å². The molecule has 1 aromatic carbocycles. The van der Waals surface area contributed by atoms with Crippen molar-refractivity contribution in [3.8, 4) is 28.4 Å². The molecular weight excluding hydrogens is 423 g/mol. The van der Waals surface area contributed by atoms with Crippen LogP contribution in [0.3, 0.4) is 0 Å². The number of aromatic nitrogens is 3. The monoisotopic (exact) mass is 445 g/mol. The predicted octanol–water partition coefficient (Wildman–Crippen LogP) is 5.57. The fourth-order valence-electron chi connectivity index (χ4n) is 3.99. The molecule has 2 N–H and O–H groups in total. The molecule has 2 atom stereocenters. The van der Waals surface area contributed by atoms with Crippen LogP contribution in [0.4, 0.5) is 13.2 Å². The molecule has 2 aromatic heterocycles. The molecule has 0 radical (unpaired) electrons. The molecule has 9 heteroatoms. The molecule has 0 unspecified atom stereocenters. The fourth-order valence-corrected chi connectivity index (χ4v) is 3.99. The lowest BCUT2D eigenvalue weighted by molar-refractivity contribution is -0.141. The molecular formula is C23H22F3N3O3. The van der Waals surface area contributed by atoms with Crippen molar-refractivity contribution in [3.63, 3.8) is 0 Å². The van der Waals surface area contributed by atoms with Gasteiger partial charge in [0.1, 0.15) is 17.3 Å². The molecule has 0 bridgehead atoms. The standard InChI is InChI=1S/C23H22F3N3O3/c24-23(25,26)20-13-28-22(29-20)16-6-9-19(27-12-16)15-4-7-17(8-5-15)32-18-3-1-2-14(10-18)11-21(30)31/h4-9,12-14,18H,1-3,10-11H2,(H,28,29)(H,30,31)/t14-,18-/m0/s1. The third-order valence-corrected chi connectivity index (χ3v) is 5.57. The van der Waals surface area contributed by atoms with E-state index in [0.717, 1.165) is 37.4 Å². The van der Waals surface area contributed by atoms with E-state index in [9.17, 15) is 18.0 Å². The van der Waals surface area contributed by atoms with E-state index in [-0.39, 0.29) is 24.3 Å². The summed E-state index contributed by atoms with van der Waals surface area (Å²) >= 11 is 0. The lowest BCUT2D eigenvalue weighted by Crippen LogP contribution is -2.26. The van der Waals surface area contributed by atoms with E-state index in [2.05, 4.69) is 15.0 Å². The first-order chi connectivity index (χ1) is 15.3. The van der Waals surface area contributed by atoms with Crippen LogP contribution in [-0.2, 0) is 11.0 Å². The molecule has 6 nitrogen and oxygen atoms in total. The highest BCUT2D eigenvalue weighted by atomic mass is 19.4. The number of alkyl halides is 3. The Balaban J connectivity index is 1.40. The van der Waals surface area contributed by atoms with Gasteiger partial charge in [-0.3, -0.25) is 9.78 Å². The number of nitrogens with zero attached hydrogens (tertiary/aromatic N) is 2. The van der Waals surface area contributed by atoms with Gasteiger partial charge >= 0.3 is 12.1 Å². The lowest BCUT2D eigenvalue weighted by Gasteiger charge is -2.28. The third kappa shape index (κ3) is 5.27. The molecule has 2 heterocycles. The maximum atomic E-state index is 12.7. The van der Waals surface area contributed by atoms with Crippen LogP contribution in [0.2, 0.25) is 0 Å². The Morgan fingerprint density at radius 3 is 2.44 bits per heavy atom. The average molecular weight is 445 g/mol. The predicted molar refractivity (Wildman–Crippen MR) is 111 cm³/mol. The summed E-state index contributed by atoms with van der Waals surface area (Å²) in [6.07, 6.45) is 1.46. The minimum atomic E-state index is -4.47. The zero-order valence-electron chi connectivity index (χ0n) is 17.1. The second kappa shape index (κ2) is 9.02. The maximum absolute atomic E-state index is 12.7. The number of aromatic amines is 1. The van der Waals surface area contributed by atoms with E-state index in [1.54, 1.807) is 12.1 Å². The number of aliphatic carboxylic acids is 1. The van der Waals surface area contributed by atoms with E-state index < -0.39 is 17.8 Å². The van der Waals surface area contributed by atoms with E-state index in [1.165, 1.54) is 6.20 Å². The van der Waals surface area contributed by atoms with Crippen LogP contribution in [-0.4, -0.2) is 32.1 Å². The lowest BCUT2D eigenvalue weighted by atomic mass is 9.85. The van der Waals surface area contributed by atoms with Gasteiger partial charge in [0.05, 0.1) is 18.0 Å². The Labute approximate surface area is 182 Å². The molecule has 1 aliphatic rings. The highest BCUT2D eigenvalue weighted by Crippen LogP contribution is 2.32. The Bertz CT molecular complexity index is 1060. The molecule has 0 spiro atoms. The minimum Gasteiger partial charge on any atom is -0.490 e. The highest BCUT2D eigenvalue weighted by Gasteiger charge is 2.33. The Morgan fingerprint density at radius 2 is 1.81 bits per heavy atom. The van der Waals surface area contributed by atoms with Gasteiger partial charge in [-0.2, -0.15) is 13.2 Å². The number of halogens is 3. The van der Waals surface area contributed by atoms with Gasteiger partial charge in [0.25, 0.3) is 0 Å². The Morgan fingerprint density at radius 1 is 1.06 bits per heavy atom. The van der Waals surface area contributed by atoms with Gasteiger partial charge in [0.2, 0.25) is 0 Å². The van der Waals surface area contributed by atoms with Gasteiger partial charge in [-0.1, -0.05) is 0 Å². The number of rotatable bonds is 6.